The van der Waals surface area contributed by atoms with Gasteiger partial charge in [0, 0.05) is 32.4 Å². The van der Waals surface area contributed by atoms with E-state index in [2.05, 4.69) is 32.5 Å². The van der Waals surface area contributed by atoms with Gasteiger partial charge in [0.25, 0.3) is 0 Å². The van der Waals surface area contributed by atoms with Gasteiger partial charge in [0.15, 0.2) is 0 Å². The van der Waals surface area contributed by atoms with Crippen LogP contribution in [0.25, 0.3) is 0 Å². The maximum Gasteiger partial charge on any atom is 0.407 e. The number of nitrogens with zero attached hydrogens (tertiary/aromatic N) is 3. The normalized spacial score (nSPS) is 16.3. The average Bonchev–Trinajstić information content (AvgIpc) is 2.30. The summed E-state index contributed by atoms with van der Waals surface area (Å²) in [4.78, 5) is 18.6. The van der Waals surface area contributed by atoms with Crippen LogP contribution in [-0.4, -0.2) is 47.3 Å². The van der Waals surface area contributed by atoms with Gasteiger partial charge in [-0.25, -0.2) is 9.78 Å². The number of aromatic nitrogens is 1. The third kappa shape index (κ3) is 2.37. The summed E-state index contributed by atoms with van der Waals surface area (Å²) in [7, 11) is 0. The monoisotopic (exact) mass is 333 g/mol. The first kappa shape index (κ1) is 11.4. The summed E-state index contributed by atoms with van der Waals surface area (Å²) >= 11 is 2.25. The van der Waals surface area contributed by atoms with Crippen molar-refractivity contribution >= 4 is 34.5 Å². The minimum atomic E-state index is -0.838. The van der Waals surface area contributed by atoms with Gasteiger partial charge in [-0.3, -0.25) is 0 Å². The van der Waals surface area contributed by atoms with Crippen LogP contribution in [0.3, 0.4) is 0 Å². The minimum absolute atomic E-state index is 0.544. The summed E-state index contributed by atoms with van der Waals surface area (Å²) < 4.78 is 1.10. The summed E-state index contributed by atoms with van der Waals surface area (Å²) in [6.07, 6.45) is 0.927. The van der Waals surface area contributed by atoms with Crippen LogP contribution in [0.5, 0.6) is 0 Å². The number of rotatable bonds is 1. The van der Waals surface area contributed by atoms with Gasteiger partial charge in [0.05, 0.1) is 3.57 Å². The first-order chi connectivity index (χ1) is 7.68. The Labute approximate surface area is 107 Å². The molecule has 2 rings (SSSR count). The van der Waals surface area contributed by atoms with E-state index in [-0.39, 0.29) is 0 Å². The molecule has 6 heteroatoms. The Morgan fingerprint density at radius 2 is 2.06 bits per heavy atom. The van der Waals surface area contributed by atoms with Gasteiger partial charge < -0.3 is 14.9 Å². The fourth-order valence-corrected chi connectivity index (χ4v) is 2.41. The summed E-state index contributed by atoms with van der Waals surface area (Å²) in [5.74, 6) is 0.952. The van der Waals surface area contributed by atoms with E-state index in [1.54, 1.807) is 6.20 Å². The highest BCUT2D eigenvalue weighted by Crippen LogP contribution is 2.20. The number of amides is 1. The Hall–Kier alpha value is -1.05. The molecule has 1 N–H and O–H groups in total. The zero-order valence-corrected chi connectivity index (χ0v) is 10.8. The maximum absolute atomic E-state index is 10.8. The van der Waals surface area contributed by atoms with Crippen molar-refractivity contribution in [2.45, 2.75) is 0 Å². The fraction of sp³-hybridized carbons (Fsp3) is 0.400. The zero-order chi connectivity index (χ0) is 11.5. The van der Waals surface area contributed by atoms with Gasteiger partial charge in [0.2, 0.25) is 0 Å². The van der Waals surface area contributed by atoms with Crippen LogP contribution in [0.15, 0.2) is 18.3 Å². The Morgan fingerprint density at radius 3 is 2.62 bits per heavy atom. The van der Waals surface area contributed by atoms with E-state index in [1.165, 1.54) is 4.90 Å². The summed E-state index contributed by atoms with van der Waals surface area (Å²) in [5.41, 5.74) is 0. The van der Waals surface area contributed by atoms with E-state index in [0.29, 0.717) is 26.2 Å². The highest BCUT2D eigenvalue weighted by Gasteiger charge is 2.21. The van der Waals surface area contributed by atoms with E-state index >= 15 is 0 Å². The molecule has 16 heavy (non-hydrogen) atoms. The molecule has 0 spiro atoms. The van der Waals surface area contributed by atoms with Crippen molar-refractivity contribution in [3.8, 4) is 0 Å². The van der Waals surface area contributed by atoms with Gasteiger partial charge in [-0.1, -0.05) is 0 Å². The van der Waals surface area contributed by atoms with Crippen molar-refractivity contribution in [1.29, 1.82) is 0 Å². The van der Waals surface area contributed by atoms with Crippen LogP contribution < -0.4 is 4.90 Å². The van der Waals surface area contributed by atoms with Crippen LogP contribution in [-0.2, 0) is 0 Å². The molecule has 1 aliphatic rings. The molecule has 0 aromatic carbocycles. The number of hydrogen-bond donors (Lipinski definition) is 1. The molecule has 0 bridgehead atoms. The second-order valence-corrected chi connectivity index (χ2v) is 4.73. The van der Waals surface area contributed by atoms with Gasteiger partial charge in [0.1, 0.15) is 5.82 Å². The molecule has 0 aliphatic carbocycles. The maximum atomic E-state index is 10.8. The van der Waals surface area contributed by atoms with Crippen molar-refractivity contribution in [3.05, 3.63) is 21.9 Å². The topological polar surface area (TPSA) is 56.7 Å². The first-order valence-electron chi connectivity index (χ1n) is 5.02. The molecule has 86 valence electrons. The lowest BCUT2D eigenvalue weighted by atomic mass is 10.3. The predicted molar refractivity (Wildman–Crippen MR) is 68.8 cm³/mol. The Bertz CT molecular complexity index is 391. The minimum Gasteiger partial charge on any atom is -0.465 e. The van der Waals surface area contributed by atoms with Crippen molar-refractivity contribution < 1.29 is 9.90 Å². The van der Waals surface area contributed by atoms with E-state index in [0.717, 1.165) is 9.39 Å². The fourth-order valence-electron chi connectivity index (χ4n) is 1.72. The molecule has 1 amide bonds. The Morgan fingerprint density at radius 1 is 1.38 bits per heavy atom. The molecule has 0 radical (unpaired) electrons. The second-order valence-electron chi connectivity index (χ2n) is 3.57. The van der Waals surface area contributed by atoms with Gasteiger partial charge in [-0.15, -0.1) is 0 Å². The molecule has 1 saturated heterocycles. The van der Waals surface area contributed by atoms with Crippen molar-refractivity contribution in [1.82, 2.24) is 9.88 Å². The number of anilines is 1. The van der Waals surface area contributed by atoms with Crippen LogP contribution >= 0.6 is 22.6 Å². The lowest BCUT2D eigenvalue weighted by Gasteiger charge is -2.34. The van der Waals surface area contributed by atoms with Crippen molar-refractivity contribution in [2.24, 2.45) is 0 Å². The molecule has 0 saturated carbocycles. The SMILES string of the molecule is O=C(O)N1CCN(c2ncccc2I)CC1. The lowest BCUT2D eigenvalue weighted by Crippen LogP contribution is -2.48. The van der Waals surface area contributed by atoms with Gasteiger partial charge >= 0.3 is 6.09 Å². The number of hydrogen-bond acceptors (Lipinski definition) is 3. The molecular formula is C10H12IN3O2. The van der Waals surface area contributed by atoms with Crippen molar-refractivity contribution in [2.75, 3.05) is 31.1 Å². The smallest absolute Gasteiger partial charge is 0.407 e. The number of pyridine rings is 1. The predicted octanol–water partition coefficient (Wildman–Crippen LogP) is 1.49. The van der Waals surface area contributed by atoms with E-state index in [1.807, 2.05) is 12.1 Å². The standard InChI is InChI=1S/C10H12IN3O2/c11-8-2-1-3-12-9(8)13-4-6-14(7-5-13)10(15)16/h1-3H,4-7H2,(H,15,16). The molecule has 1 aromatic rings. The third-order valence-corrected chi connectivity index (χ3v) is 3.43. The summed E-state index contributed by atoms with van der Waals surface area (Å²) in [6, 6.07) is 3.91. The zero-order valence-electron chi connectivity index (χ0n) is 8.64. The van der Waals surface area contributed by atoms with Gasteiger partial charge in [-0.05, 0) is 34.7 Å². The van der Waals surface area contributed by atoms with Crippen LogP contribution in [0, 0.1) is 3.57 Å². The second kappa shape index (κ2) is 4.86. The van der Waals surface area contributed by atoms with E-state index in [4.69, 9.17) is 5.11 Å². The number of piperazine rings is 1. The lowest BCUT2D eigenvalue weighted by molar-refractivity contribution is 0.142. The molecule has 0 unspecified atom stereocenters. The molecule has 0 atom stereocenters. The first-order valence-corrected chi connectivity index (χ1v) is 6.09. The van der Waals surface area contributed by atoms with Crippen LogP contribution in [0.2, 0.25) is 0 Å². The quantitative estimate of drug-likeness (QED) is 0.791. The molecular weight excluding hydrogens is 321 g/mol. The molecule has 2 heterocycles. The summed E-state index contributed by atoms with van der Waals surface area (Å²) in [5, 5.41) is 8.84. The molecule has 1 aliphatic heterocycles. The Kier molecular flexibility index (Phi) is 3.47. The highest BCUT2D eigenvalue weighted by atomic mass is 127. The number of halogens is 1. The van der Waals surface area contributed by atoms with Crippen molar-refractivity contribution in [3.63, 3.8) is 0 Å². The highest BCUT2D eigenvalue weighted by molar-refractivity contribution is 14.1. The molecule has 1 fully saturated rings. The Balaban J connectivity index is 2.05. The third-order valence-electron chi connectivity index (χ3n) is 2.59. The largest absolute Gasteiger partial charge is 0.465 e. The average molecular weight is 333 g/mol. The molecule has 1 aromatic heterocycles. The van der Waals surface area contributed by atoms with E-state index < -0.39 is 6.09 Å². The van der Waals surface area contributed by atoms with Gasteiger partial charge in [-0.2, -0.15) is 0 Å². The molecule has 5 nitrogen and oxygen atoms in total. The van der Waals surface area contributed by atoms with Crippen LogP contribution in [0.1, 0.15) is 0 Å². The summed E-state index contributed by atoms with van der Waals surface area (Å²) in [6.45, 7) is 2.50. The van der Waals surface area contributed by atoms with E-state index in [9.17, 15) is 4.79 Å². The number of carbonyl (C=O) groups is 1. The van der Waals surface area contributed by atoms with Crippen LogP contribution in [0.4, 0.5) is 10.6 Å². The number of carboxylic acid groups (broad SMARTS) is 1.